The maximum Gasteiger partial charge on any atom is 0.212 e. The molecular weight excluding hydrogens is 278 g/mol. The first kappa shape index (κ1) is 13.8. The molecule has 0 bridgehead atoms. The summed E-state index contributed by atoms with van der Waals surface area (Å²) in [5.74, 6) is 0.923. The second-order valence-corrected chi connectivity index (χ2v) is 5.80. The number of hydrogen-bond donors (Lipinski definition) is 0. The Labute approximate surface area is 128 Å². The highest BCUT2D eigenvalue weighted by atomic mass is 32.1. The Bertz CT molecular complexity index is 775. The summed E-state index contributed by atoms with van der Waals surface area (Å²) in [4.78, 5) is 1.27. The second kappa shape index (κ2) is 6.10. The normalized spacial score (nSPS) is 11.3. The van der Waals surface area contributed by atoms with Gasteiger partial charge in [0.1, 0.15) is 12.8 Å². The van der Waals surface area contributed by atoms with Gasteiger partial charge in [-0.3, -0.25) is 0 Å². The standard InChI is InChI=1S/C18H18NOS/c1-3-20-16-9-11-18-14(13-16)6-7-15(19(18)2)8-10-17-5-4-12-21-17/h4-13H,3H2,1-2H3/q+1. The highest BCUT2D eigenvalue weighted by Crippen LogP contribution is 2.20. The van der Waals surface area contributed by atoms with Crippen LogP contribution in [0.3, 0.4) is 0 Å². The van der Waals surface area contributed by atoms with Gasteiger partial charge in [0.2, 0.25) is 11.2 Å². The Kier molecular flexibility index (Phi) is 4.02. The summed E-state index contributed by atoms with van der Waals surface area (Å²) in [5.41, 5.74) is 2.38. The average molecular weight is 296 g/mol. The van der Waals surface area contributed by atoms with E-state index in [1.165, 1.54) is 21.5 Å². The number of ether oxygens (including phenoxy) is 1. The zero-order valence-electron chi connectivity index (χ0n) is 12.2. The van der Waals surface area contributed by atoms with Crippen molar-refractivity contribution in [3.8, 4) is 5.75 Å². The molecule has 0 fully saturated rings. The fourth-order valence-electron chi connectivity index (χ4n) is 2.38. The predicted molar refractivity (Wildman–Crippen MR) is 89.5 cm³/mol. The minimum atomic E-state index is 0.694. The van der Waals surface area contributed by atoms with Crippen molar-refractivity contribution in [2.45, 2.75) is 6.92 Å². The predicted octanol–water partition coefficient (Wildman–Crippen LogP) is 4.29. The first-order valence-corrected chi connectivity index (χ1v) is 7.93. The van der Waals surface area contributed by atoms with Gasteiger partial charge in [0.25, 0.3) is 0 Å². The van der Waals surface area contributed by atoms with Gasteiger partial charge in [-0.2, -0.15) is 4.57 Å². The molecule has 0 aliphatic carbocycles. The van der Waals surface area contributed by atoms with Gasteiger partial charge >= 0.3 is 0 Å². The topological polar surface area (TPSA) is 13.1 Å². The summed E-state index contributed by atoms with van der Waals surface area (Å²) in [6.07, 6.45) is 4.31. The Morgan fingerprint density at radius 3 is 2.81 bits per heavy atom. The molecule has 2 heterocycles. The van der Waals surface area contributed by atoms with Gasteiger partial charge in [0.15, 0.2) is 0 Å². The van der Waals surface area contributed by atoms with Crippen molar-refractivity contribution in [1.29, 1.82) is 0 Å². The number of fused-ring (bicyclic) bond motifs is 1. The molecule has 0 radical (unpaired) electrons. The maximum absolute atomic E-state index is 5.56. The third-order valence-corrected chi connectivity index (χ3v) is 4.29. The van der Waals surface area contributed by atoms with Crippen LogP contribution in [0.2, 0.25) is 0 Å². The Morgan fingerprint density at radius 2 is 2.05 bits per heavy atom. The van der Waals surface area contributed by atoms with Gasteiger partial charge in [-0.05, 0) is 42.6 Å². The number of benzene rings is 1. The van der Waals surface area contributed by atoms with Crippen LogP contribution in [0.5, 0.6) is 5.75 Å². The number of nitrogens with zero attached hydrogens (tertiary/aromatic N) is 1. The SMILES string of the molecule is CCOc1ccc2c(ccc(C=Cc3cccs3)[n+]2C)c1. The fourth-order valence-corrected chi connectivity index (χ4v) is 2.99. The minimum Gasteiger partial charge on any atom is -0.494 e. The molecule has 0 aliphatic heterocycles. The van der Waals surface area contributed by atoms with Gasteiger partial charge in [0.05, 0.1) is 12.0 Å². The number of aryl methyl sites for hydroxylation is 1. The van der Waals surface area contributed by atoms with E-state index in [1.54, 1.807) is 11.3 Å². The van der Waals surface area contributed by atoms with Gasteiger partial charge < -0.3 is 4.74 Å². The largest absolute Gasteiger partial charge is 0.494 e. The lowest BCUT2D eigenvalue weighted by atomic mass is 10.1. The van der Waals surface area contributed by atoms with Crippen LogP contribution in [-0.4, -0.2) is 6.61 Å². The molecule has 0 amide bonds. The first-order valence-electron chi connectivity index (χ1n) is 7.05. The third-order valence-electron chi connectivity index (χ3n) is 3.45. The van der Waals surface area contributed by atoms with Crippen LogP contribution >= 0.6 is 11.3 Å². The van der Waals surface area contributed by atoms with Crippen LogP contribution in [0.1, 0.15) is 17.5 Å². The van der Waals surface area contributed by atoms with Crippen LogP contribution < -0.4 is 9.30 Å². The molecule has 0 unspecified atom stereocenters. The van der Waals surface area contributed by atoms with Crippen molar-refractivity contribution in [2.24, 2.45) is 7.05 Å². The lowest BCUT2D eigenvalue weighted by Gasteiger charge is -2.04. The highest BCUT2D eigenvalue weighted by Gasteiger charge is 2.10. The van der Waals surface area contributed by atoms with E-state index in [4.69, 9.17) is 4.74 Å². The molecule has 3 rings (SSSR count). The number of thiophene rings is 1. The van der Waals surface area contributed by atoms with Crippen LogP contribution in [0.4, 0.5) is 0 Å². The van der Waals surface area contributed by atoms with Gasteiger partial charge in [-0.15, -0.1) is 11.3 Å². The summed E-state index contributed by atoms with van der Waals surface area (Å²) >= 11 is 1.75. The molecular formula is C18H18NOS+. The molecule has 0 saturated carbocycles. The lowest BCUT2D eigenvalue weighted by molar-refractivity contribution is -0.646. The highest BCUT2D eigenvalue weighted by molar-refractivity contribution is 7.10. The summed E-state index contributed by atoms with van der Waals surface area (Å²) in [7, 11) is 2.09. The van der Waals surface area contributed by atoms with E-state index in [0.717, 1.165) is 5.75 Å². The van der Waals surface area contributed by atoms with Gasteiger partial charge in [-0.25, -0.2) is 0 Å². The van der Waals surface area contributed by atoms with Crippen molar-refractivity contribution < 1.29 is 9.30 Å². The zero-order chi connectivity index (χ0) is 14.7. The Balaban J connectivity index is 1.98. The molecule has 2 aromatic heterocycles. The van der Waals surface area contributed by atoms with Gasteiger partial charge in [0, 0.05) is 23.1 Å². The average Bonchev–Trinajstić information content (AvgIpc) is 3.00. The molecule has 3 heteroatoms. The molecule has 2 nitrogen and oxygen atoms in total. The number of aromatic nitrogens is 1. The Morgan fingerprint density at radius 1 is 1.14 bits per heavy atom. The summed E-state index contributed by atoms with van der Waals surface area (Å²) in [6, 6.07) is 14.7. The van der Waals surface area contributed by atoms with Crippen LogP contribution in [-0.2, 0) is 7.05 Å². The third kappa shape index (κ3) is 2.98. The van der Waals surface area contributed by atoms with Crippen molar-refractivity contribution in [2.75, 3.05) is 6.61 Å². The summed E-state index contributed by atoms with van der Waals surface area (Å²) in [5, 5.41) is 3.28. The lowest BCUT2D eigenvalue weighted by Crippen LogP contribution is -2.32. The summed E-state index contributed by atoms with van der Waals surface area (Å²) in [6.45, 7) is 2.70. The number of rotatable bonds is 4. The van der Waals surface area contributed by atoms with E-state index in [1.807, 2.05) is 13.0 Å². The summed E-state index contributed by atoms with van der Waals surface area (Å²) < 4.78 is 7.76. The molecule has 106 valence electrons. The van der Waals surface area contributed by atoms with Crippen LogP contribution in [0, 0.1) is 0 Å². The van der Waals surface area contributed by atoms with Crippen molar-refractivity contribution in [3.05, 3.63) is 58.4 Å². The van der Waals surface area contributed by atoms with E-state index in [9.17, 15) is 0 Å². The molecule has 0 saturated heterocycles. The molecule has 21 heavy (non-hydrogen) atoms. The Hall–Kier alpha value is -2.13. The fraction of sp³-hybridized carbons (Fsp3) is 0.167. The van der Waals surface area contributed by atoms with E-state index in [-0.39, 0.29) is 0 Å². The quantitative estimate of drug-likeness (QED) is 0.654. The molecule has 0 atom stereocenters. The van der Waals surface area contributed by atoms with Crippen LogP contribution in [0.25, 0.3) is 23.1 Å². The van der Waals surface area contributed by atoms with Gasteiger partial charge in [-0.1, -0.05) is 6.07 Å². The smallest absolute Gasteiger partial charge is 0.212 e. The molecule has 0 N–H and O–H groups in total. The van der Waals surface area contributed by atoms with Crippen molar-refractivity contribution in [3.63, 3.8) is 0 Å². The zero-order valence-corrected chi connectivity index (χ0v) is 13.1. The monoisotopic (exact) mass is 296 g/mol. The first-order chi connectivity index (χ1) is 10.3. The van der Waals surface area contributed by atoms with E-state index in [0.29, 0.717) is 6.61 Å². The van der Waals surface area contributed by atoms with E-state index >= 15 is 0 Å². The maximum atomic E-state index is 5.56. The number of pyridine rings is 1. The van der Waals surface area contributed by atoms with Crippen molar-refractivity contribution in [1.82, 2.24) is 0 Å². The molecule has 3 aromatic rings. The minimum absolute atomic E-state index is 0.694. The molecule has 0 aliphatic rings. The van der Waals surface area contributed by atoms with E-state index in [2.05, 4.69) is 65.5 Å². The van der Waals surface area contributed by atoms with Crippen molar-refractivity contribution >= 4 is 34.4 Å². The number of hydrogen-bond acceptors (Lipinski definition) is 2. The second-order valence-electron chi connectivity index (χ2n) is 4.82. The molecule has 0 spiro atoms. The van der Waals surface area contributed by atoms with E-state index < -0.39 is 0 Å². The van der Waals surface area contributed by atoms with Crippen LogP contribution in [0.15, 0.2) is 47.8 Å². The molecule has 1 aromatic carbocycles.